The van der Waals surface area contributed by atoms with Gasteiger partial charge in [0.1, 0.15) is 0 Å². The van der Waals surface area contributed by atoms with E-state index in [0.717, 1.165) is 16.8 Å². The van der Waals surface area contributed by atoms with Crippen LogP contribution in [0.5, 0.6) is 0 Å². The van der Waals surface area contributed by atoms with Gasteiger partial charge in [0, 0.05) is 21.8 Å². The second-order valence-corrected chi connectivity index (χ2v) is 7.75. The number of carbonyl (C=O) groups is 2. The third-order valence-electron chi connectivity index (χ3n) is 4.90. The third-order valence-corrected chi connectivity index (χ3v) is 5.14. The maximum Gasteiger partial charge on any atom is 0.337 e. The van der Waals surface area contributed by atoms with Crippen molar-refractivity contribution in [2.75, 3.05) is 10.6 Å². The number of carboxylic acids is 1. The van der Waals surface area contributed by atoms with Gasteiger partial charge in [-0.3, -0.25) is 4.79 Å². The number of halogens is 1. The molecule has 1 amide bonds. The van der Waals surface area contributed by atoms with Crippen LogP contribution in [0.3, 0.4) is 0 Å². The van der Waals surface area contributed by atoms with Crippen molar-refractivity contribution in [2.45, 2.75) is 0 Å². The van der Waals surface area contributed by atoms with E-state index in [2.05, 4.69) is 22.5 Å². The normalized spacial score (nSPS) is 10.0. The quantitative estimate of drug-likeness (QED) is 0.296. The summed E-state index contributed by atoms with van der Waals surface area (Å²) in [6.45, 7) is 0. The average Bonchev–Trinajstić information content (AvgIpc) is 2.85. The predicted octanol–water partition coefficient (Wildman–Crippen LogP) is 6.43. The fourth-order valence-corrected chi connectivity index (χ4v) is 3.43. The van der Waals surface area contributed by atoms with Crippen LogP contribution in [0.4, 0.5) is 17.1 Å². The lowest BCUT2D eigenvalue weighted by atomic mass is 10.1. The minimum atomic E-state index is -1.19. The van der Waals surface area contributed by atoms with Gasteiger partial charge < -0.3 is 15.7 Å². The number of para-hydroxylation sites is 1. The smallest absolute Gasteiger partial charge is 0.337 e. The molecule has 0 bridgehead atoms. The van der Waals surface area contributed by atoms with Crippen molar-refractivity contribution >= 4 is 40.5 Å². The van der Waals surface area contributed by atoms with Gasteiger partial charge in [-0.15, -0.1) is 0 Å². The van der Waals surface area contributed by atoms with Crippen molar-refractivity contribution in [1.29, 1.82) is 0 Å². The number of rotatable bonds is 5. The summed E-state index contributed by atoms with van der Waals surface area (Å²) in [5.41, 5.74) is 3.32. The molecule has 3 N–H and O–H groups in total. The van der Waals surface area contributed by atoms with Crippen molar-refractivity contribution in [2.24, 2.45) is 0 Å². The van der Waals surface area contributed by atoms with Gasteiger partial charge in [-0.25, -0.2) is 4.79 Å². The van der Waals surface area contributed by atoms with Crippen LogP contribution in [0.15, 0.2) is 97.1 Å². The molecule has 166 valence electrons. The van der Waals surface area contributed by atoms with Crippen molar-refractivity contribution in [1.82, 2.24) is 0 Å². The molecule has 4 aromatic rings. The number of carbonyl (C=O) groups excluding carboxylic acids is 1. The Morgan fingerprint density at radius 3 is 2.09 bits per heavy atom. The Morgan fingerprint density at radius 2 is 1.38 bits per heavy atom. The molecule has 0 aliphatic carbocycles. The lowest BCUT2D eigenvalue weighted by Crippen LogP contribution is -2.16. The molecular weight excluding hydrogens is 448 g/mol. The zero-order valence-corrected chi connectivity index (χ0v) is 18.6. The number of nitrogens with one attached hydrogen (secondary N) is 2. The van der Waals surface area contributed by atoms with E-state index in [1.165, 1.54) is 18.2 Å². The first kappa shape index (κ1) is 22.7. The zero-order chi connectivity index (χ0) is 23.9. The summed E-state index contributed by atoms with van der Waals surface area (Å²) < 4.78 is 0. The Kier molecular flexibility index (Phi) is 6.92. The summed E-state index contributed by atoms with van der Waals surface area (Å²) in [6.07, 6.45) is 0. The third kappa shape index (κ3) is 5.63. The Balaban J connectivity index is 1.69. The minimum absolute atomic E-state index is 0.0937. The highest BCUT2D eigenvalue weighted by Gasteiger charge is 2.17. The van der Waals surface area contributed by atoms with E-state index in [-0.39, 0.29) is 16.3 Å². The average molecular weight is 467 g/mol. The molecule has 6 heteroatoms. The number of anilines is 3. The molecule has 5 nitrogen and oxygen atoms in total. The largest absolute Gasteiger partial charge is 0.478 e. The predicted molar refractivity (Wildman–Crippen MR) is 135 cm³/mol. The summed E-state index contributed by atoms with van der Waals surface area (Å²) in [7, 11) is 0. The van der Waals surface area contributed by atoms with Gasteiger partial charge in [-0.1, -0.05) is 59.8 Å². The monoisotopic (exact) mass is 466 g/mol. The first-order chi connectivity index (χ1) is 16.5. The molecule has 0 spiro atoms. The topological polar surface area (TPSA) is 78.4 Å². The lowest BCUT2D eigenvalue weighted by Gasteiger charge is -2.14. The Labute approximate surface area is 202 Å². The molecule has 0 fully saturated rings. The van der Waals surface area contributed by atoms with Gasteiger partial charge in [0.15, 0.2) is 0 Å². The molecule has 0 unspecified atom stereocenters. The first-order valence-corrected chi connectivity index (χ1v) is 10.7. The number of amides is 1. The summed E-state index contributed by atoms with van der Waals surface area (Å²) in [6, 6.07) is 28.5. The van der Waals surface area contributed by atoms with Crippen LogP contribution in [0, 0.1) is 11.8 Å². The van der Waals surface area contributed by atoms with Crippen LogP contribution in [0.2, 0.25) is 5.02 Å². The zero-order valence-electron chi connectivity index (χ0n) is 17.9. The SMILES string of the molecule is O=C(O)c1cc(Cl)ccc1NC(=O)c1ccc(C#Cc2ccccc2)cc1Nc1ccccc1. The van der Waals surface area contributed by atoms with Crippen LogP contribution in [0.25, 0.3) is 0 Å². The van der Waals surface area contributed by atoms with Crippen molar-refractivity contribution in [3.8, 4) is 11.8 Å². The first-order valence-electron chi connectivity index (χ1n) is 10.4. The van der Waals surface area contributed by atoms with Crippen molar-refractivity contribution in [3.05, 3.63) is 124 Å². The van der Waals surface area contributed by atoms with E-state index in [9.17, 15) is 14.7 Å². The van der Waals surface area contributed by atoms with Gasteiger partial charge in [0.25, 0.3) is 5.91 Å². The number of hydrogen-bond donors (Lipinski definition) is 3. The molecule has 0 aliphatic heterocycles. The number of benzene rings is 4. The number of carboxylic acid groups (broad SMARTS) is 1. The van der Waals surface area contributed by atoms with Gasteiger partial charge >= 0.3 is 5.97 Å². The molecule has 0 saturated carbocycles. The molecule has 4 aromatic carbocycles. The van der Waals surface area contributed by atoms with E-state index in [1.54, 1.807) is 18.2 Å². The van der Waals surface area contributed by atoms with Crippen molar-refractivity contribution < 1.29 is 14.7 Å². The fourth-order valence-electron chi connectivity index (χ4n) is 3.26. The van der Waals surface area contributed by atoms with E-state index in [0.29, 0.717) is 11.3 Å². The number of hydrogen-bond acceptors (Lipinski definition) is 3. The summed E-state index contributed by atoms with van der Waals surface area (Å²) in [5.74, 6) is 4.57. The van der Waals surface area contributed by atoms with Crippen LogP contribution >= 0.6 is 11.6 Å². The Hall–Kier alpha value is -4.53. The van der Waals surface area contributed by atoms with Gasteiger partial charge in [-0.2, -0.15) is 0 Å². The molecule has 0 atom stereocenters. The molecule has 0 aromatic heterocycles. The van der Waals surface area contributed by atoms with E-state index in [4.69, 9.17) is 11.6 Å². The van der Waals surface area contributed by atoms with Crippen molar-refractivity contribution in [3.63, 3.8) is 0 Å². The van der Waals surface area contributed by atoms with Crippen LogP contribution in [-0.2, 0) is 0 Å². The fraction of sp³-hybridized carbons (Fsp3) is 0. The Bertz CT molecular complexity index is 1410. The minimum Gasteiger partial charge on any atom is -0.478 e. The van der Waals surface area contributed by atoms with E-state index < -0.39 is 11.9 Å². The molecule has 0 aliphatic rings. The summed E-state index contributed by atoms with van der Waals surface area (Å²) >= 11 is 5.92. The van der Waals surface area contributed by atoms with Crippen LogP contribution in [0.1, 0.15) is 31.8 Å². The molecule has 34 heavy (non-hydrogen) atoms. The van der Waals surface area contributed by atoms with E-state index in [1.807, 2.05) is 60.7 Å². The second-order valence-electron chi connectivity index (χ2n) is 7.32. The number of aromatic carboxylic acids is 1. The lowest BCUT2D eigenvalue weighted by molar-refractivity contribution is 0.0698. The maximum absolute atomic E-state index is 13.2. The highest BCUT2D eigenvalue weighted by atomic mass is 35.5. The standard InChI is InChI=1S/C28H19ClN2O3/c29-21-14-16-25(24(18-21)28(33)34)31-27(32)23-15-13-20(12-11-19-7-3-1-4-8-19)17-26(23)30-22-9-5-2-6-10-22/h1-10,13-18,30H,(H,31,32)(H,33,34). The maximum atomic E-state index is 13.2. The molecule has 0 saturated heterocycles. The molecule has 0 radical (unpaired) electrons. The highest BCUT2D eigenvalue weighted by Crippen LogP contribution is 2.26. The Morgan fingerprint density at radius 1 is 0.706 bits per heavy atom. The van der Waals surface area contributed by atoms with E-state index >= 15 is 0 Å². The highest BCUT2D eigenvalue weighted by molar-refractivity contribution is 6.31. The summed E-state index contributed by atoms with van der Waals surface area (Å²) in [4.78, 5) is 24.8. The second kappa shape index (κ2) is 10.4. The van der Waals surface area contributed by atoms with Gasteiger partial charge in [0.05, 0.1) is 22.5 Å². The van der Waals surface area contributed by atoms with Gasteiger partial charge in [-0.05, 0) is 60.7 Å². The van der Waals surface area contributed by atoms with Crippen LogP contribution in [-0.4, -0.2) is 17.0 Å². The van der Waals surface area contributed by atoms with Gasteiger partial charge in [0.2, 0.25) is 0 Å². The van der Waals surface area contributed by atoms with Crippen LogP contribution < -0.4 is 10.6 Å². The summed E-state index contributed by atoms with van der Waals surface area (Å²) in [5, 5.41) is 15.7. The molecule has 0 heterocycles. The molecule has 4 rings (SSSR count). The molecular formula is C28H19ClN2O3.